The van der Waals surface area contributed by atoms with E-state index in [1.807, 2.05) is 0 Å². The largest absolute Gasteiger partial charge is 0.481 e. The van der Waals surface area contributed by atoms with Crippen molar-refractivity contribution in [2.75, 3.05) is 0 Å². The number of carbonyl (C=O) groups is 2. The van der Waals surface area contributed by atoms with Crippen molar-refractivity contribution in [3.05, 3.63) is 0 Å². The summed E-state index contributed by atoms with van der Waals surface area (Å²) in [6.07, 6.45) is -2.17. The summed E-state index contributed by atoms with van der Waals surface area (Å²) in [5.74, 6) is -5.03. The zero-order chi connectivity index (χ0) is 18.0. The summed E-state index contributed by atoms with van der Waals surface area (Å²) in [6.45, 7) is 0. The molecule has 0 aliphatic carbocycles. The number of carboxylic acids is 1. The molecule has 0 aliphatic heterocycles. The standard InChI is InChI=1S/C4H6O15S3/c5-2(6)1-4(20(8,9)10,18-21(11,12)13)3(7)17-19-22(14,15)16/h1H2,(H,5,6)(H,8,9,10)(H,11,12,13)(H,14,15,16). The molecule has 0 rings (SSSR count). The summed E-state index contributed by atoms with van der Waals surface area (Å²) in [7, 11) is -17.5. The molecule has 0 fully saturated rings. The Morgan fingerprint density at radius 3 is 1.64 bits per heavy atom. The lowest BCUT2D eigenvalue weighted by molar-refractivity contribution is -0.226. The Kier molecular flexibility index (Phi) is 5.97. The van der Waals surface area contributed by atoms with Gasteiger partial charge in [-0.2, -0.15) is 25.3 Å². The van der Waals surface area contributed by atoms with Crippen LogP contribution in [0, 0.1) is 0 Å². The fourth-order valence-corrected chi connectivity index (χ4v) is 2.65. The van der Waals surface area contributed by atoms with Crippen molar-refractivity contribution in [3.63, 3.8) is 0 Å². The molecule has 4 N–H and O–H groups in total. The molecule has 0 heterocycles. The molecule has 0 saturated carbocycles. The second-order valence-electron chi connectivity index (χ2n) is 3.18. The molecule has 130 valence electrons. The number of aliphatic carboxylic acids is 1. The normalized spacial score (nSPS) is 15.8. The van der Waals surface area contributed by atoms with Crippen LogP contribution in [0.15, 0.2) is 0 Å². The van der Waals surface area contributed by atoms with Gasteiger partial charge in [0.25, 0.3) is 0 Å². The second-order valence-corrected chi connectivity index (χ2v) is 6.80. The van der Waals surface area contributed by atoms with Crippen LogP contribution in [0.1, 0.15) is 6.42 Å². The molecule has 15 nitrogen and oxygen atoms in total. The Morgan fingerprint density at radius 1 is 0.909 bits per heavy atom. The molecule has 22 heavy (non-hydrogen) atoms. The quantitative estimate of drug-likeness (QED) is 0.185. The molecule has 0 aromatic carbocycles. The van der Waals surface area contributed by atoms with Gasteiger partial charge in [-0.25, -0.2) is 8.98 Å². The van der Waals surface area contributed by atoms with Crippen LogP contribution in [0.2, 0.25) is 0 Å². The summed E-state index contributed by atoms with van der Waals surface area (Å²) in [5.41, 5.74) is 0. The highest BCUT2D eigenvalue weighted by molar-refractivity contribution is 7.89. The van der Waals surface area contributed by atoms with E-state index in [-0.39, 0.29) is 0 Å². The third-order valence-corrected chi connectivity index (χ3v) is 3.62. The van der Waals surface area contributed by atoms with E-state index in [1.54, 1.807) is 0 Å². The van der Waals surface area contributed by atoms with Crippen molar-refractivity contribution in [1.29, 1.82) is 0 Å². The first-order valence-electron chi connectivity index (χ1n) is 4.25. The zero-order valence-corrected chi connectivity index (χ0v) is 12.2. The topological polar surface area (TPSA) is 245 Å². The molecule has 0 bridgehead atoms. The van der Waals surface area contributed by atoms with Crippen molar-refractivity contribution in [2.24, 2.45) is 0 Å². The van der Waals surface area contributed by atoms with Crippen molar-refractivity contribution >= 4 is 42.9 Å². The third kappa shape index (κ3) is 6.15. The van der Waals surface area contributed by atoms with E-state index >= 15 is 0 Å². The van der Waals surface area contributed by atoms with Crippen molar-refractivity contribution in [2.45, 2.75) is 11.4 Å². The Hall–Kier alpha value is -1.41. The van der Waals surface area contributed by atoms with Gasteiger partial charge in [-0.1, -0.05) is 0 Å². The molecule has 0 radical (unpaired) electrons. The maximum absolute atomic E-state index is 11.3. The predicted octanol–water partition coefficient (Wildman–Crippen LogP) is -2.86. The fourth-order valence-electron chi connectivity index (χ4n) is 0.882. The number of carboxylic acid groups (broad SMARTS) is 1. The summed E-state index contributed by atoms with van der Waals surface area (Å²) in [5, 5.41) is 8.44. The van der Waals surface area contributed by atoms with E-state index in [2.05, 4.69) is 13.4 Å². The molecular formula is C4H6O15S3. The highest BCUT2D eigenvalue weighted by Crippen LogP contribution is 2.27. The minimum atomic E-state index is -6.09. The van der Waals surface area contributed by atoms with Gasteiger partial charge in [0.2, 0.25) is 0 Å². The smallest absolute Gasteiger partial charge is 0.432 e. The lowest BCUT2D eigenvalue weighted by atomic mass is 10.2. The van der Waals surface area contributed by atoms with Crippen molar-refractivity contribution in [3.8, 4) is 0 Å². The molecule has 18 heteroatoms. The Labute approximate surface area is 122 Å². The molecule has 0 aromatic heterocycles. The van der Waals surface area contributed by atoms with Gasteiger partial charge in [-0.15, -0.1) is 0 Å². The number of hydrogen-bond acceptors (Lipinski definition) is 11. The minimum absolute atomic E-state index is 2.17. The second kappa shape index (κ2) is 6.37. The van der Waals surface area contributed by atoms with Crippen LogP contribution in [0.3, 0.4) is 0 Å². The molecule has 0 spiro atoms. The Balaban J connectivity index is 6.04. The van der Waals surface area contributed by atoms with Gasteiger partial charge in [0.1, 0.15) is 6.42 Å². The SMILES string of the molecule is O=C(O)CC(OS(=O)(=O)O)(C(=O)OOS(=O)(=O)O)S(=O)(=O)O. The number of hydrogen-bond donors (Lipinski definition) is 4. The average molecular weight is 390 g/mol. The molecular weight excluding hydrogens is 384 g/mol. The van der Waals surface area contributed by atoms with E-state index in [0.717, 1.165) is 0 Å². The van der Waals surface area contributed by atoms with Crippen LogP contribution in [0.5, 0.6) is 0 Å². The van der Waals surface area contributed by atoms with Gasteiger partial charge in [0.15, 0.2) is 0 Å². The van der Waals surface area contributed by atoms with E-state index in [0.29, 0.717) is 0 Å². The molecule has 1 unspecified atom stereocenters. The zero-order valence-electron chi connectivity index (χ0n) is 9.71. The number of carbonyl (C=O) groups excluding carboxylic acids is 1. The van der Waals surface area contributed by atoms with Crippen LogP contribution in [0.25, 0.3) is 0 Å². The molecule has 0 aliphatic rings. The summed E-state index contributed by atoms with van der Waals surface area (Å²) < 4.78 is 94.9. The van der Waals surface area contributed by atoms with Crippen molar-refractivity contribution < 1.29 is 67.0 Å². The van der Waals surface area contributed by atoms with Gasteiger partial charge >= 0.3 is 47.8 Å². The minimum Gasteiger partial charge on any atom is -0.481 e. The van der Waals surface area contributed by atoms with Crippen LogP contribution >= 0.6 is 0 Å². The number of rotatable bonds is 8. The van der Waals surface area contributed by atoms with Gasteiger partial charge < -0.3 is 5.11 Å². The highest BCUT2D eigenvalue weighted by Gasteiger charge is 2.59. The first-order chi connectivity index (χ1) is 9.50. The summed E-state index contributed by atoms with van der Waals surface area (Å²) in [6, 6.07) is 0. The van der Waals surface area contributed by atoms with Gasteiger partial charge in [0.05, 0.1) is 0 Å². The highest BCUT2D eigenvalue weighted by atomic mass is 32.3. The maximum atomic E-state index is 11.3. The predicted molar refractivity (Wildman–Crippen MR) is 57.9 cm³/mol. The van der Waals surface area contributed by atoms with Gasteiger partial charge in [-0.3, -0.25) is 23.3 Å². The lowest BCUT2D eigenvalue weighted by Gasteiger charge is -2.23. The van der Waals surface area contributed by atoms with Crippen LogP contribution < -0.4 is 0 Å². The Bertz CT molecular complexity index is 754. The van der Waals surface area contributed by atoms with E-state index in [1.165, 1.54) is 0 Å². The first kappa shape index (κ1) is 20.6. The van der Waals surface area contributed by atoms with Crippen molar-refractivity contribution in [1.82, 2.24) is 0 Å². The average Bonchev–Trinajstić information content (AvgIpc) is 2.19. The fraction of sp³-hybridized carbons (Fsp3) is 0.500. The van der Waals surface area contributed by atoms with Gasteiger partial charge in [0, 0.05) is 0 Å². The molecule has 0 aromatic rings. The Morgan fingerprint density at radius 2 is 1.36 bits per heavy atom. The van der Waals surface area contributed by atoms with Crippen LogP contribution in [-0.4, -0.2) is 60.9 Å². The lowest BCUT2D eigenvalue weighted by Crippen LogP contribution is -2.52. The third-order valence-electron chi connectivity index (χ3n) is 1.55. The summed E-state index contributed by atoms with van der Waals surface area (Å²) >= 11 is 0. The summed E-state index contributed by atoms with van der Waals surface area (Å²) in [4.78, 5) is 20.7. The first-order valence-corrected chi connectivity index (χ1v) is 8.42. The molecule has 0 saturated heterocycles. The van der Waals surface area contributed by atoms with Gasteiger partial charge in [-0.05, 0) is 4.33 Å². The van der Waals surface area contributed by atoms with E-state index in [4.69, 9.17) is 18.8 Å². The van der Waals surface area contributed by atoms with E-state index < -0.39 is 54.2 Å². The van der Waals surface area contributed by atoms with Crippen LogP contribution in [-0.2, 0) is 53.9 Å². The van der Waals surface area contributed by atoms with Crippen LogP contribution in [0.4, 0.5) is 0 Å². The molecule has 0 amide bonds. The maximum Gasteiger partial charge on any atom is 0.432 e. The van der Waals surface area contributed by atoms with E-state index in [9.17, 15) is 34.8 Å². The molecule has 1 atom stereocenters. The monoisotopic (exact) mass is 390 g/mol.